The minimum atomic E-state index is -0.421. The summed E-state index contributed by atoms with van der Waals surface area (Å²) in [7, 11) is 0. The van der Waals surface area contributed by atoms with Crippen molar-refractivity contribution in [3.63, 3.8) is 0 Å². The Hall–Kier alpha value is -1.31. The van der Waals surface area contributed by atoms with Crippen LogP contribution in [-0.2, 0) is 6.42 Å². The van der Waals surface area contributed by atoms with Crippen LogP contribution in [0.4, 0.5) is 4.39 Å². The zero-order valence-electron chi connectivity index (χ0n) is 6.05. The van der Waals surface area contributed by atoms with Crippen LogP contribution in [0.15, 0.2) is 30.9 Å². The van der Waals surface area contributed by atoms with Gasteiger partial charge in [-0.15, -0.1) is 6.58 Å². The van der Waals surface area contributed by atoms with Crippen LogP contribution < -0.4 is 0 Å². The standard InChI is InChI=1S/C9H9FO/c1-2-3-7-4-5-8(10)6-9(7)11/h2,4-6,11H,1,3H2. The Bertz CT molecular complexity index is 268. The highest BCUT2D eigenvalue weighted by atomic mass is 19.1. The number of hydrogen-bond acceptors (Lipinski definition) is 1. The molecule has 1 aromatic rings. The lowest BCUT2D eigenvalue weighted by atomic mass is 10.1. The van der Waals surface area contributed by atoms with E-state index in [0.717, 1.165) is 6.07 Å². The van der Waals surface area contributed by atoms with Crippen molar-refractivity contribution < 1.29 is 9.50 Å². The molecule has 0 fully saturated rings. The van der Waals surface area contributed by atoms with Crippen molar-refractivity contribution in [3.05, 3.63) is 42.2 Å². The van der Waals surface area contributed by atoms with Crippen LogP contribution >= 0.6 is 0 Å². The van der Waals surface area contributed by atoms with Gasteiger partial charge in [-0.3, -0.25) is 0 Å². The molecule has 0 spiro atoms. The molecule has 1 rings (SSSR count). The summed E-state index contributed by atoms with van der Waals surface area (Å²) >= 11 is 0. The van der Waals surface area contributed by atoms with Crippen LogP contribution in [0.2, 0.25) is 0 Å². The summed E-state index contributed by atoms with van der Waals surface area (Å²) in [5.41, 5.74) is 0.696. The average molecular weight is 152 g/mol. The fraction of sp³-hybridized carbons (Fsp3) is 0.111. The van der Waals surface area contributed by atoms with Crippen molar-refractivity contribution in [1.29, 1.82) is 0 Å². The van der Waals surface area contributed by atoms with Crippen LogP contribution in [0.1, 0.15) is 5.56 Å². The number of rotatable bonds is 2. The molecule has 0 saturated carbocycles. The summed E-state index contributed by atoms with van der Waals surface area (Å²) in [6, 6.07) is 3.96. The van der Waals surface area contributed by atoms with Crippen molar-refractivity contribution in [2.45, 2.75) is 6.42 Å². The molecule has 1 nitrogen and oxygen atoms in total. The highest BCUT2D eigenvalue weighted by Gasteiger charge is 1.99. The number of allylic oxidation sites excluding steroid dienone is 1. The molecule has 0 heterocycles. The van der Waals surface area contributed by atoms with Gasteiger partial charge in [-0.25, -0.2) is 4.39 Å². The summed E-state index contributed by atoms with van der Waals surface area (Å²) in [6.45, 7) is 3.51. The predicted octanol–water partition coefficient (Wildman–Crippen LogP) is 2.26. The Labute approximate surface area is 64.8 Å². The van der Waals surface area contributed by atoms with E-state index >= 15 is 0 Å². The second kappa shape index (κ2) is 3.19. The zero-order valence-corrected chi connectivity index (χ0v) is 6.05. The van der Waals surface area contributed by atoms with Crippen molar-refractivity contribution in [3.8, 4) is 5.75 Å². The smallest absolute Gasteiger partial charge is 0.126 e. The number of hydrogen-bond donors (Lipinski definition) is 1. The first kappa shape index (κ1) is 7.79. The van der Waals surface area contributed by atoms with Crippen LogP contribution in [-0.4, -0.2) is 5.11 Å². The molecule has 0 aromatic heterocycles. The van der Waals surface area contributed by atoms with E-state index in [0.29, 0.717) is 12.0 Å². The Kier molecular flexibility index (Phi) is 2.26. The van der Waals surface area contributed by atoms with Gasteiger partial charge in [0.05, 0.1) is 0 Å². The van der Waals surface area contributed by atoms with E-state index in [2.05, 4.69) is 6.58 Å². The van der Waals surface area contributed by atoms with Crippen LogP contribution in [0.3, 0.4) is 0 Å². The fourth-order valence-corrected chi connectivity index (χ4v) is 0.865. The lowest BCUT2D eigenvalue weighted by molar-refractivity contribution is 0.463. The van der Waals surface area contributed by atoms with Gasteiger partial charge in [-0.05, 0) is 18.1 Å². The minimum Gasteiger partial charge on any atom is -0.508 e. The number of phenolic OH excluding ortho intramolecular Hbond substituents is 1. The van der Waals surface area contributed by atoms with Crippen molar-refractivity contribution in [1.82, 2.24) is 0 Å². The molecule has 2 heteroatoms. The van der Waals surface area contributed by atoms with Gasteiger partial charge < -0.3 is 5.11 Å². The van der Waals surface area contributed by atoms with Gasteiger partial charge in [0.25, 0.3) is 0 Å². The number of phenols is 1. The Balaban J connectivity index is 2.98. The third kappa shape index (κ3) is 1.80. The van der Waals surface area contributed by atoms with Crippen LogP contribution in [0, 0.1) is 5.82 Å². The van der Waals surface area contributed by atoms with Crippen molar-refractivity contribution in [2.75, 3.05) is 0 Å². The van der Waals surface area contributed by atoms with Gasteiger partial charge in [-0.2, -0.15) is 0 Å². The molecule has 0 amide bonds. The highest BCUT2D eigenvalue weighted by Crippen LogP contribution is 2.18. The van der Waals surface area contributed by atoms with E-state index in [1.807, 2.05) is 0 Å². The third-order valence-electron chi connectivity index (χ3n) is 1.41. The van der Waals surface area contributed by atoms with Gasteiger partial charge >= 0.3 is 0 Å². The lowest BCUT2D eigenvalue weighted by Crippen LogP contribution is -1.82. The first-order valence-electron chi connectivity index (χ1n) is 3.32. The zero-order chi connectivity index (χ0) is 8.27. The summed E-state index contributed by atoms with van der Waals surface area (Å²) in [5.74, 6) is -0.430. The molecular formula is C9H9FO. The van der Waals surface area contributed by atoms with Gasteiger partial charge in [-0.1, -0.05) is 12.1 Å². The maximum absolute atomic E-state index is 12.4. The summed E-state index contributed by atoms with van der Waals surface area (Å²) in [4.78, 5) is 0. The number of halogens is 1. The summed E-state index contributed by atoms with van der Waals surface area (Å²) in [5, 5.41) is 9.13. The monoisotopic (exact) mass is 152 g/mol. The summed E-state index contributed by atoms with van der Waals surface area (Å²) in [6.07, 6.45) is 2.22. The SMILES string of the molecule is C=CCc1ccc(F)cc1O. The molecule has 58 valence electrons. The molecule has 0 bridgehead atoms. The molecule has 1 aromatic carbocycles. The Morgan fingerprint density at radius 3 is 2.82 bits per heavy atom. The van der Waals surface area contributed by atoms with Crippen LogP contribution in [0.5, 0.6) is 5.75 Å². The van der Waals surface area contributed by atoms with Gasteiger partial charge in [0, 0.05) is 6.07 Å². The normalized spacial score (nSPS) is 9.55. The Morgan fingerprint density at radius 2 is 2.27 bits per heavy atom. The predicted molar refractivity (Wildman–Crippen MR) is 42.0 cm³/mol. The average Bonchev–Trinajstić information content (AvgIpc) is 1.95. The second-order valence-electron chi connectivity index (χ2n) is 2.27. The topological polar surface area (TPSA) is 20.2 Å². The van der Waals surface area contributed by atoms with E-state index in [1.165, 1.54) is 6.07 Å². The molecule has 0 radical (unpaired) electrons. The summed E-state index contributed by atoms with van der Waals surface area (Å²) < 4.78 is 12.4. The first-order chi connectivity index (χ1) is 5.24. The van der Waals surface area contributed by atoms with Crippen molar-refractivity contribution in [2.24, 2.45) is 0 Å². The fourth-order valence-electron chi connectivity index (χ4n) is 0.865. The van der Waals surface area contributed by atoms with Gasteiger partial charge in [0.15, 0.2) is 0 Å². The second-order valence-corrected chi connectivity index (χ2v) is 2.27. The quantitative estimate of drug-likeness (QED) is 0.644. The molecule has 0 atom stereocenters. The largest absolute Gasteiger partial charge is 0.508 e. The maximum atomic E-state index is 12.4. The first-order valence-corrected chi connectivity index (χ1v) is 3.32. The molecule has 0 aliphatic rings. The molecule has 0 unspecified atom stereocenters. The third-order valence-corrected chi connectivity index (χ3v) is 1.41. The number of aromatic hydroxyl groups is 1. The molecule has 0 saturated heterocycles. The van der Waals surface area contributed by atoms with E-state index < -0.39 is 5.82 Å². The molecule has 11 heavy (non-hydrogen) atoms. The van der Waals surface area contributed by atoms with Gasteiger partial charge in [0.2, 0.25) is 0 Å². The molecule has 1 N–H and O–H groups in total. The Morgan fingerprint density at radius 1 is 1.55 bits per heavy atom. The van der Waals surface area contributed by atoms with Crippen molar-refractivity contribution >= 4 is 0 Å². The number of benzene rings is 1. The molecular weight excluding hydrogens is 143 g/mol. The van der Waals surface area contributed by atoms with Gasteiger partial charge in [0.1, 0.15) is 11.6 Å². The van der Waals surface area contributed by atoms with E-state index in [4.69, 9.17) is 5.11 Å². The minimum absolute atomic E-state index is 0.00935. The molecule has 0 aliphatic carbocycles. The van der Waals surface area contributed by atoms with Crippen LogP contribution in [0.25, 0.3) is 0 Å². The highest BCUT2D eigenvalue weighted by molar-refractivity contribution is 5.33. The van der Waals surface area contributed by atoms with E-state index in [-0.39, 0.29) is 5.75 Å². The maximum Gasteiger partial charge on any atom is 0.126 e. The molecule has 0 aliphatic heterocycles. The van der Waals surface area contributed by atoms with E-state index in [1.54, 1.807) is 12.1 Å². The van der Waals surface area contributed by atoms with E-state index in [9.17, 15) is 4.39 Å². The lowest BCUT2D eigenvalue weighted by Gasteiger charge is -1.99.